The molecule has 0 spiro atoms. The Morgan fingerprint density at radius 3 is 2.18 bits per heavy atom. The van der Waals surface area contributed by atoms with Crippen LogP contribution in [-0.2, 0) is 0 Å². The Balaban J connectivity index is 1.44. The van der Waals surface area contributed by atoms with Crippen LogP contribution < -0.4 is 0 Å². The van der Waals surface area contributed by atoms with Gasteiger partial charge in [-0.15, -0.1) is 0 Å². The predicted octanol–water partition coefficient (Wildman–Crippen LogP) is 8.93. The summed E-state index contributed by atoms with van der Waals surface area (Å²) in [7, 11) is 0. The van der Waals surface area contributed by atoms with Crippen LogP contribution in [0.2, 0.25) is 0 Å². The molecule has 0 aliphatic carbocycles. The number of para-hydroxylation sites is 1. The molecule has 2 heteroatoms. The molecule has 0 fully saturated rings. The molecule has 0 aliphatic rings. The topological polar surface area (TPSA) is 26.0 Å². The maximum Gasteiger partial charge on any atom is 0.144 e. The third-order valence-corrected chi connectivity index (χ3v) is 6.83. The molecule has 0 bridgehead atoms. The van der Waals surface area contributed by atoms with Gasteiger partial charge in [-0.05, 0) is 70.1 Å². The zero-order chi connectivity index (χ0) is 22.6. The fraction of sp³-hybridized carbons (Fsp3) is 0.0312. The van der Waals surface area contributed by atoms with Gasteiger partial charge in [0, 0.05) is 27.9 Å². The van der Waals surface area contributed by atoms with Gasteiger partial charge < -0.3 is 4.42 Å². The van der Waals surface area contributed by atoms with Crippen LogP contribution in [0.25, 0.3) is 65.9 Å². The van der Waals surface area contributed by atoms with Crippen molar-refractivity contribution in [1.29, 1.82) is 0 Å². The van der Waals surface area contributed by atoms with Gasteiger partial charge in [-0.3, -0.25) is 4.98 Å². The highest BCUT2D eigenvalue weighted by molar-refractivity contribution is 6.17. The number of nitrogens with zero attached hydrogens (tertiary/aromatic N) is 1. The Labute approximate surface area is 197 Å². The third-order valence-electron chi connectivity index (χ3n) is 6.83. The minimum Gasteiger partial charge on any atom is -0.455 e. The van der Waals surface area contributed by atoms with E-state index in [0.29, 0.717) is 0 Å². The van der Waals surface area contributed by atoms with E-state index in [9.17, 15) is 0 Å². The van der Waals surface area contributed by atoms with Gasteiger partial charge in [-0.1, -0.05) is 72.8 Å². The van der Waals surface area contributed by atoms with Gasteiger partial charge in [-0.2, -0.15) is 0 Å². The van der Waals surface area contributed by atoms with E-state index in [1.807, 2.05) is 6.20 Å². The average molecular weight is 436 g/mol. The van der Waals surface area contributed by atoms with E-state index in [1.165, 1.54) is 27.3 Å². The normalized spacial score (nSPS) is 11.7. The highest BCUT2D eigenvalue weighted by Crippen LogP contribution is 2.39. The molecule has 7 rings (SSSR count). The number of aryl methyl sites for hydroxylation is 1. The van der Waals surface area contributed by atoms with Crippen molar-refractivity contribution < 1.29 is 4.42 Å². The predicted molar refractivity (Wildman–Crippen MR) is 142 cm³/mol. The lowest BCUT2D eigenvalue weighted by atomic mass is 9.95. The van der Waals surface area contributed by atoms with E-state index in [2.05, 4.69) is 110 Å². The first-order valence-corrected chi connectivity index (χ1v) is 11.6. The molecule has 0 atom stereocenters. The largest absolute Gasteiger partial charge is 0.455 e. The van der Waals surface area contributed by atoms with Gasteiger partial charge in [0.2, 0.25) is 0 Å². The number of aromatic nitrogens is 1. The minimum absolute atomic E-state index is 0.883. The standard InChI is InChI=1S/C32H21NO/c1-20-17-22-8-2-3-9-23(22)18-29(20)24-15-16-33-30(19-24)28-12-6-11-26-27-14-13-21-7-4-5-10-25(21)31(27)34-32(26)28/h2-19H,1H3. The molecule has 5 aromatic carbocycles. The van der Waals surface area contributed by atoms with Crippen LogP contribution in [0.4, 0.5) is 0 Å². The fourth-order valence-electron chi connectivity index (χ4n) is 5.14. The number of hydrogen-bond donors (Lipinski definition) is 0. The second kappa shape index (κ2) is 7.29. The van der Waals surface area contributed by atoms with Crippen LogP contribution in [0.3, 0.4) is 0 Å². The summed E-state index contributed by atoms with van der Waals surface area (Å²) in [6.45, 7) is 2.17. The van der Waals surface area contributed by atoms with E-state index in [-0.39, 0.29) is 0 Å². The first kappa shape index (κ1) is 19.1. The first-order chi connectivity index (χ1) is 16.8. The molecule has 0 radical (unpaired) electrons. The van der Waals surface area contributed by atoms with Crippen molar-refractivity contribution in [3.8, 4) is 22.4 Å². The molecule has 2 aromatic heterocycles. The van der Waals surface area contributed by atoms with Crippen molar-refractivity contribution in [2.24, 2.45) is 0 Å². The monoisotopic (exact) mass is 435 g/mol. The fourth-order valence-corrected chi connectivity index (χ4v) is 5.14. The molecule has 0 unspecified atom stereocenters. The Hall–Kier alpha value is -4.43. The Bertz CT molecular complexity index is 1880. The summed E-state index contributed by atoms with van der Waals surface area (Å²) < 4.78 is 6.54. The van der Waals surface area contributed by atoms with Crippen LogP contribution in [0.5, 0.6) is 0 Å². The number of benzene rings is 5. The van der Waals surface area contributed by atoms with Gasteiger partial charge in [0.25, 0.3) is 0 Å². The van der Waals surface area contributed by atoms with E-state index in [4.69, 9.17) is 9.40 Å². The first-order valence-electron chi connectivity index (χ1n) is 11.6. The summed E-state index contributed by atoms with van der Waals surface area (Å²) in [4.78, 5) is 4.75. The Morgan fingerprint density at radius 1 is 0.559 bits per heavy atom. The maximum absolute atomic E-state index is 6.54. The Morgan fingerprint density at radius 2 is 1.29 bits per heavy atom. The summed E-state index contributed by atoms with van der Waals surface area (Å²) in [5.41, 5.74) is 7.38. The van der Waals surface area contributed by atoms with E-state index in [0.717, 1.165) is 44.1 Å². The lowest BCUT2D eigenvalue weighted by Crippen LogP contribution is -1.89. The molecule has 2 heterocycles. The lowest BCUT2D eigenvalue weighted by molar-refractivity contribution is 0.673. The maximum atomic E-state index is 6.54. The van der Waals surface area contributed by atoms with Crippen LogP contribution in [-0.4, -0.2) is 4.98 Å². The molecular weight excluding hydrogens is 414 g/mol. The average Bonchev–Trinajstić information content (AvgIpc) is 3.28. The summed E-state index contributed by atoms with van der Waals surface area (Å²) in [5.74, 6) is 0. The number of furan rings is 1. The van der Waals surface area contributed by atoms with Gasteiger partial charge in [0.1, 0.15) is 11.2 Å². The van der Waals surface area contributed by atoms with E-state index >= 15 is 0 Å². The number of hydrogen-bond acceptors (Lipinski definition) is 2. The molecule has 7 aromatic rings. The Kier molecular flexibility index (Phi) is 4.09. The van der Waals surface area contributed by atoms with Gasteiger partial charge >= 0.3 is 0 Å². The minimum atomic E-state index is 0.883. The molecule has 0 N–H and O–H groups in total. The molecule has 2 nitrogen and oxygen atoms in total. The van der Waals surface area contributed by atoms with Gasteiger partial charge in [0.05, 0.1) is 5.69 Å². The molecule has 0 aliphatic heterocycles. The zero-order valence-electron chi connectivity index (χ0n) is 18.7. The zero-order valence-corrected chi connectivity index (χ0v) is 18.7. The van der Waals surface area contributed by atoms with Crippen molar-refractivity contribution in [1.82, 2.24) is 4.98 Å². The lowest BCUT2D eigenvalue weighted by Gasteiger charge is -2.10. The summed E-state index contributed by atoms with van der Waals surface area (Å²) >= 11 is 0. The van der Waals surface area contributed by atoms with Crippen molar-refractivity contribution in [2.75, 3.05) is 0 Å². The second-order valence-electron chi connectivity index (χ2n) is 8.89. The highest BCUT2D eigenvalue weighted by Gasteiger charge is 2.15. The number of rotatable bonds is 2. The summed E-state index contributed by atoms with van der Waals surface area (Å²) in [6.07, 6.45) is 1.90. The van der Waals surface area contributed by atoms with Crippen molar-refractivity contribution in [2.45, 2.75) is 6.92 Å². The highest BCUT2D eigenvalue weighted by atomic mass is 16.3. The van der Waals surface area contributed by atoms with Gasteiger partial charge in [-0.25, -0.2) is 0 Å². The molecule has 0 saturated carbocycles. The summed E-state index contributed by atoms with van der Waals surface area (Å²) in [6, 6.07) is 36.3. The van der Waals surface area contributed by atoms with Crippen molar-refractivity contribution >= 4 is 43.5 Å². The summed E-state index contributed by atoms with van der Waals surface area (Å²) in [5, 5.41) is 7.08. The molecular formula is C32H21NO. The van der Waals surface area contributed by atoms with Crippen LogP contribution in [0.1, 0.15) is 5.56 Å². The quantitative estimate of drug-likeness (QED) is 0.271. The second-order valence-corrected chi connectivity index (χ2v) is 8.89. The van der Waals surface area contributed by atoms with E-state index in [1.54, 1.807) is 0 Å². The molecule has 0 saturated heterocycles. The van der Waals surface area contributed by atoms with Crippen LogP contribution in [0, 0.1) is 6.92 Å². The molecule has 34 heavy (non-hydrogen) atoms. The molecule has 0 amide bonds. The van der Waals surface area contributed by atoms with Crippen molar-refractivity contribution in [3.05, 3.63) is 115 Å². The SMILES string of the molecule is Cc1cc2ccccc2cc1-c1ccnc(-c2cccc3c2oc2c4ccccc4ccc32)c1. The smallest absolute Gasteiger partial charge is 0.144 e. The number of fused-ring (bicyclic) bond motifs is 6. The number of pyridine rings is 1. The third kappa shape index (κ3) is 2.85. The van der Waals surface area contributed by atoms with Crippen LogP contribution in [0.15, 0.2) is 114 Å². The molecule has 160 valence electrons. The van der Waals surface area contributed by atoms with Gasteiger partial charge in [0.15, 0.2) is 0 Å². The van der Waals surface area contributed by atoms with Crippen LogP contribution >= 0.6 is 0 Å². The van der Waals surface area contributed by atoms with Crippen molar-refractivity contribution in [3.63, 3.8) is 0 Å². The van der Waals surface area contributed by atoms with E-state index < -0.39 is 0 Å².